The van der Waals surface area contributed by atoms with Crippen molar-refractivity contribution in [2.45, 2.75) is 64.8 Å². The normalized spacial score (nSPS) is 12.4. The predicted molar refractivity (Wildman–Crippen MR) is 124 cm³/mol. The summed E-state index contributed by atoms with van der Waals surface area (Å²) in [6.07, 6.45) is -0.627. The molecule has 1 atom stereocenters. The average Bonchev–Trinajstić information content (AvgIpc) is 2.71. The fourth-order valence-electron chi connectivity index (χ4n) is 2.81. The summed E-state index contributed by atoms with van der Waals surface area (Å²) in [6, 6.07) is 15.9. The minimum Gasteiger partial charge on any atom is -0.489 e. The van der Waals surface area contributed by atoms with Crippen LogP contribution in [0.3, 0.4) is 0 Å². The van der Waals surface area contributed by atoms with E-state index in [4.69, 9.17) is 9.47 Å². The minimum atomic E-state index is -1.50. The number of carboxylic acid groups (broad SMARTS) is 1. The quantitative estimate of drug-likeness (QED) is 0.530. The Morgan fingerprint density at radius 3 is 2.06 bits per heavy atom. The topological polar surface area (TPSA) is 114 Å². The summed E-state index contributed by atoms with van der Waals surface area (Å²) in [5.41, 5.74) is -0.448. The lowest BCUT2D eigenvalue weighted by Gasteiger charge is -2.27. The number of ether oxygens (including phenoxy) is 2. The molecule has 3 N–H and O–H groups in total. The molecule has 0 saturated heterocycles. The average molecular weight is 457 g/mol. The van der Waals surface area contributed by atoms with Gasteiger partial charge in [-0.1, -0.05) is 42.5 Å². The van der Waals surface area contributed by atoms with Crippen LogP contribution in [-0.4, -0.2) is 40.3 Å². The van der Waals surface area contributed by atoms with E-state index >= 15 is 0 Å². The van der Waals surface area contributed by atoms with Gasteiger partial charge in [0.05, 0.1) is 0 Å². The van der Waals surface area contributed by atoms with Crippen LogP contribution >= 0.6 is 0 Å². The molecular weight excluding hydrogens is 424 g/mol. The smallest absolute Gasteiger partial charge is 0.408 e. The predicted octanol–water partition coefficient (Wildman–Crippen LogP) is 3.68. The molecule has 0 unspecified atom stereocenters. The first-order valence-corrected chi connectivity index (χ1v) is 10.7. The minimum absolute atomic E-state index is 0.139. The van der Waals surface area contributed by atoms with Gasteiger partial charge in [-0.05, 0) is 57.9 Å². The highest BCUT2D eigenvalue weighted by molar-refractivity contribution is 5.91. The maximum absolute atomic E-state index is 12.8. The van der Waals surface area contributed by atoms with Gasteiger partial charge < -0.3 is 25.2 Å². The van der Waals surface area contributed by atoms with Crippen molar-refractivity contribution in [3.63, 3.8) is 0 Å². The van der Waals surface area contributed by atoms with Crippen LogP contribution in [-0.2, 0) is 27.4 Å². The van der Waals surface area contributed by atoms with Crippen molar-refractivity contribution in [3.05, 3.63) is 65.7 Å². The standard InChI is InChI=1S/C25H32N2O6/c1-24(2,3)33-23(31)26-20(21(28)27-25(4,5)22(29)30)15-17-11-13-19(14-12-17)32-16-18-9-7-6-8-10-18/h6-14,20H,15-16H2,1-5H3,(H,26,31)(H,27,28)(H,29,30)/t20-/m0/s1. The molecule has 0 saturated carbocycles. The van der Waals surface area contributed by atoms with Gasteiger partial charge in [0.15, 0.2) is 0 Å². The largest absolute Gasteiger partial charge is 0.489 e. The first-order chi connectivity index (χ1) is 15.4. The van der Waals surface area contributed by atoms with Gasteiger partial charge in [-0.2, -0.15) is 0 Å². The molecule has 2 aromatic carbocycles. The van der Waals surface area contributed by atoms with Gasteiger partial charge in [-0.15, -0.1) is 0 Å². The monoisotopic (exact) mass is 456 g/mol. The number of benzene rings is 2. The second kappa shape index (κ2) is 10.8. The maximum atomic E-state index is 12.8. The number of rotatable bonds is 9. The molecule has 178 valence electrons. The molecule has 0 aliphatic carbocycles. The first-order valence-electron chi connectivity index (χ1n) is 10.7. The molecule has 33 heavy (non-hydrogen) atoms. The molecular formula is C25H32N2O6. The van der Waals surface area contributed by atoms with Crippen LogP contribution in [0.4, 0.5) is 4.79 Å². The van der Waals surface area contributed by atoms with E-state index in [2.05, 4.69) is 10.6 Å². The summed E-state index contributed by atoms with van der Waals surface area (Å²) in [5, 5.41) is 14.3. The number of aliphatic carboxylic acids is 1. The summed E-state index contributed by atoms with van der Waals surface area (Å²) in [5.74, 6) is -1.15. The summed E-state index contributed by atoms with van der Waals surface area (Å²) >= 11 is 0. The molecule has 0 fully saturated rings. The van der Waals surface area contributed by atoms with Crippen molar-refractivity contribution in [1.29, 1.82) is 0 Å². The highest BCUT2D eigenvalue weighted by Crippen LogP contribution is 2.16. The Morgan fingerprint density at radius 1 is 0.909 bits per heavy atom. The van der Waals surface area contributed by atoms with Crippen LogP contribution in [0.2, 0.25) is 0 Å². The summed E-state index contributed by atoms with van der Waals surface area (Å²) in [7, 11) is 0. The number of carboxylic acids is 1. The van der Waals surface area contributed by atoms with E-state index in [1.807, 2.05) is 30.3 Å². The van der Waals surface area contributed by atoms with Gasteiger partial charge in [-0.3, -0.25) is 4.79 Å². The maximum Gasteiger partial charge on any atom is 0.408 e. The zero-order chi connectivity index (χ0) is 24.6. The van der Waals surface area contributed by atoms with Crippen LogP contribution in [0.1, 0.15) is 45.7 Å². The van der Waals surface area contributed by atoms with Crippen LogP contribution < -0.4 is 15.4 Å². The van der Waals surface area contributed by atoms with E-state index in [9.17, 15) is 19.5 Å². The van der Waals surface area contributed by atoms with Gasteiger partial charge in [0, 0.05) is 6.42 Å². The number of hydrogen-bond donors (Lipinski definition) is 3. The van der Waals surface area contributed by atoms with Gasteiger partial charge in [-0.25, -0.2) is 9.59 Å². The molecule has 0 bridgehead atoms. The van der Waals surface area contributed by atoms with E-state index < -0.39 is 35.2 Å². The van der Waals surface area contributed by atoms with Crippen LogP contribution in [0.15, 0.2) is 54.6 Å². The lowest BCUT2D eigenvalue weighted by molar-refractivity contribution is -0.146. The first kappa shape index (κ1) is 25.7. The zero-order valence-corrected chi connectivity index (χ0v) is 19.7. The lowest BCUT2D eigenvalue weighted by atomic mass is 10.0. The zero-order valence-electron chi connectivity index (χ0n) is 19.7. The molecule has 2 amide bonds. The van der Waals surface area contributed by atoms with Gasteiger partial charge in [0.1, 0.15) is 29.5 Å². The summed E-state index contributed by atoms with van der Waals surface area (Å²) in [4.78, 5) is 36.5. The van der Waals surface area contributed by atoms with E-state index in [-0.39, 0.29) is 6.42 Å². The fraction of sp³-hybridized carbons (Fsp3) is 0.400. The van der Waals surface area contributed by atoms with Crippen molar-refractivity contribution >= 4 is 18.0 Å². The third-order valence-corrected chi connectivity index (χ3v) is 4.59. The number of carbonyl (C=O) groups excluding carboxylic acids is 2. The molecule has 0 aliphatic heterocycles. The van der Waals surface area contributed by atoms with Crippen molar-refractivity contribution in [3.8, 4) is 5.75 Å². The van der Waals surface area contributed by atoms with Crippen LogP contribution in [0.25, 0.3) is 0 Å². The number of amides is 2. The molecule has 0 aromatic heterocycles. The Kier molecular flexibility index (Phi) is 8.45. The highest BCUT2D eigenvalue weighted by atomic mass is 16.6. The van der Waals surface area contributed by atoms with Crippen molar-refractivity contribution < 1.29 is 29.0 Å². The third-order valence-electron chi connectivity index (χ3n) is 4.59. The molecule has 2 aromatic rings. The molecule has 8 nitrogen and oxygen atoms in total. The molecule has 0 heterocycles. The van der Waals surface area contributed by atoms with Gasteiger partial charge >= 0.3 is 12.1 Å². The molecule has 0 spiro atoms. The molecule has 0 aliphatic rings. The third kappa shape index (κ3) is 8.84. The number of alkyl carbamates (subject to hydrolysis) is 1. The number of carbonyl (C=O) groups is 3. The van der Waals surface area contributed by atoms with Gasteiger partial charge in [0.2, 0.25) is 5.91 Å². The lowest BCUT2D eigenvalue weighted by Crippen LogP contribution is -2.57. The Hall–Kier alpha value is -3.55. The van der Waals surface area contributed by atoms with E-state index in [0.29, 0.717) is 12.4 Å². The second-order valence-corrected chi connectivity index (χ2v) is 9.24. The second-order valence-electron chi connectivity index (χ2n) is 9.24. The highest BCUT2D eigenvalue weighted by Gasteiger charge is 2.33. The Balaban J connectivity index is 2.09. The number of nitrogens with one attached hydrogen (secondary N) is 2. The van der Waals surface area contributed by atoms with E-state index in [0.717, 1.165) is 11.1 Å². The van der Waals surface area contributed by atoms with Gasteiger partial charge in [0.25, 0.3) is 0 Å². The van der Waals surface area contributed by atoms with Crippen LogP contribution in [0, 0.1) is 0 Å². The van der Waals surface area contributed by atoms with E-state index in [1.165, 1.54) is 13.8 Å². The Bertz CT molecular complexity index is 949. The van der Waals surface area contributed by atoms with Crippen LogP contribution in [0.5, 0.6) is 5.75 Å². The van der Waals surface area contributed by atoms with Crippen molar-refractivity contribution in [2.75, 3.05) is 0 Å². The number of hydrogen-bond acceptors (Lipinski definition) is 5. The Morgan fingerprint density at radius 2 is 1.52 bits per heavy atom. The molecule has 8 heteroatoms. The fourth-order valence-corrected chi connectivity index (χ4v) is 2.81. The van der Waals surface area contributed by atoms with Crippen molar-refractivity contribution in [2.24, 2.45) is 0 Å². The van der Waals surface area contributed by atoms with E-state index in [1.54, 1.807) is 45.0 Å². The summed E-state index contributed by atoms with van der Waals surface area (Å²) < 4.78 is 11.0. The van der Waals surface area contributed by atoms with Crippen molar-refractivity contribution in [1.82, 2.24) is 10.6 Å². The molecule has 0 radical (unpaired) electrons. The Labute approximate surface area is 194 Å². The SMILES string of the molecule is CC(C)(C)OC(=O)N[C@@H](Cc1ccc(OCc2ccccc2)cc1)C(=O)NC(C)(C)C(=O)O. The summed E-state index contributed by atoms with van der Waals surface area (Å²) in [6.45, 7) is 8.30. The molecule has 2 rings (SSSR count).